The number of aromatic nitrogens is 2. The highest BCUT2D eigenvalue weighted by molar-refractivity contribution is 7.09. The van der Waals surface area contributed by atoms with Crippen LogP contribution in [-0.2, 0) is 4.74 Å². The highest BCUT2D eigenvalue weighted by Gasteiger charge is 2.28. The van der Waals surface area contributed by atoms with Gasteiger partial charge in [-0.25, -0.2) is 4.98 Å². The number of ether oxygens (including phenoxy) is 1. The van der Waals surface area contributed by atoms with E-state index in [1.807, 2.05) is 0 Å². The van der Waals surface area contributed by atoms with E-state index in [9.17, 15) is 0 Å². The highest BCUT2D eigenvalue weighted by Crippen LogP contribution is 2.39. The van der Waals surface area contributed by atoms with E-state index >= 15 is 0 Å². The zero-order chi connectivity index (χ0) is 11.4. The van der Waals surface area contributed by atoms with Gasteiger partial charge in [0, 0.05) is 31.2 Å². The molecule has 0 aliphatic heterocycles. The number of hydrogen-bond donors (Lipinski definition) is 2. The Labute approximate surface area is 99.0 Å². The summed E-state index contributed by atoms with van der Waals surface area (Å²) in [6.07, 6.45) is 3.09. The maximum atomic E-state index is 8.92. The number of nitrogens with one attached hydrogen (secondary N) is 1. The molecule has 1 fully saturated rings. The fourth-order valence-electron chi connectivity index (χ4n) is 1.53. The summed E-state index contributed by atoms with van der Waals surface area (Å²) >= 11 is 1.39. The number of rotatable bonds is 7. The Hall–Kier alpha value is -0.720. The zero-order valence-electron chi connectivity index (χ0n) is 9.35. The van der Waals surface area contributed by atoms with Crippen molar-refractivity contribution in [1.29, 1.82) is 0 Å². The molecular formula is C10H17N3O2S. The highest BCUT2D eigenvalue weighted by atomic mass is 32.1. The quantitative estimate of drug-likeness (QED) is 0.754. The van der Waals surface area contributed by atoms with Crippen LogP contribution in [0.2, 0.25) is 0 Å². The van der Waals surface area contributed by atoms with Crippen LogP contribution >= 0.6 is 11.5 Å². The van der Waals surface area contributed by atoms with Gasteiger partial charge >= 0.3 is 0 Å². The molecule has 0 amide bonds. The van der Waals surface area contributed by atoms with Crippen LogP contribution in [0.5, 0.6) is 0 Å². The molecule has 1 saturated carbocycles. The lowest BCUT2D eigenvalue weighted by molar-refractivity contribution is 0.170. The SMILES string of the molecule is COCC(CCO)Nc1nc(C2CC2)ns1. The van der Waals surface area contributed by atoms with Crippen LogP contribution < -0.4 is 5.32 Å². The third kappa shape index (κ3) is 3.13. The molecule has 0 spiro atoms. The van der Waals surface area contributed by atoms with Gasteiger partial charge in [-0.1, -0.05) is 0 Å². The van der Waals surface area contributed by atoms with E-state index < -0.39 is 0 Å². The summed E-state index contributed by atoms with van der Waals surface area (Å²) in [5, 5.41) is 13.0. The lowest BCUT2D eigenvalue weighted by atomic mass is 10.2. The first-order valence-corrected chi connectivity index (χ1v) is 6.30. The molecule has 16 heavy (non-hydrogen) atoms. The average molecular weight is 243 g/mol. The second-order valence-electron chi connectivity index (χ2n) is 4.04. The lowest BCUT2D eigenvalue weighted by Gasteiger charge is -2.15. The van der Waals surface area contributed by atoms with E-state index in [0.29, 0.717) is 18.9 Å². The van der Waals surface area contributed by atoms with E-state index in [4.69, 9.17) is 9.84 Å². The molecule has 1 aromatic rings. The third-order valence-electron chi connectivity index (χ3n) is 2.56. The Morgan fingerprint density at radius 2 is 2.44 bits per heavy atom. The largest absolute Gasteiger partial charge is 0.396 e. The zero-order valence-corrected chi connectivity index (χ0v) is 10.2. The average Bonchev–Trinajstić information content (AvgIpc) is 3.01. The van der Waals surface area contributed by atoms with Crippen molar-refractivity contribution in [1.82, 2.24) is 9.36 Å². The molecule has 0 bridgehead atoms. The van der Waals surface area contributed by atoms with E-state index in [-0.39, 0.29) is 12.6 Å². The fourth-order valence-corrected chi connectivity index (χ4v) is 2.25. The molecule has 5 nitrogen and oxygen atoms in total. The van der Waals surface area contributed by atoms with Gasteiger partial charge in [0.1, 0.15) is 5.82 Å². The van der Waals surface area contributed by atoms with Crippen molar-refractivity contribution in [2.75, 3.05) is 25.6 Å². The van der Waals surface area contributed by atoms with Gasteiger partial charge in [0.2, 0.25) is 5.13 Å². The summed E-state index contributed by atoms with van der Waals surface area (Å²) in [5.41, 5.74) is 0. The van der Waals surface area contributed by atoms with Crippen molar-refractivity contribution in [2.45, 2.75) is 31.2 Å². The van der Waals surface area contributed by atoms with Gasteiger partial charge in [-0.15, -0.1) is 0 Å². The summed E-state index contributed by atoms with van der Waals surface area (Å²) in [4.78, 5) is 4.44. The van der Waals surface area contributed by atoms with E-state index in [1.165, 1.54) is 24.4 Å². The molecule has 1 atom stereocenters. The number of anilines is 1. The first-order chi connectivity index (χ1) is 7.83. The fraction of sp³-hybridized carbons (Fsp3) is 0.800. The molecule has 1 aliphatic rings. The van der Waals surface area contributed by atoms with Crippen LogP contribution in [0.15, 0.2) is 0 Å². The van der Waals surface area contributed by atoms with Gasteiger partial charge in [-0.3, -0.25) is 0 Å². The van der Waals surface area contributed by atoms with Crippen molar-refractivity contribution in [3.63, 3.8) is 0 Å². The predicted octanol–water partition coefficient (Wildman–Crippen LogP) is 1.22. The van der Waals surface area contributed by atoms with Crippen LogP contribution in [0.25, 0.3) is 0 Å². The molecule has 0 radical (unpaired) electrons. The Morgan fingerprint density at radius 1 is 1.62 bits per heavy atom. The Bertz CT molecular complexity index is 322. The van der Waals surface area contributed by atoms with Crippen LogP contribution in [0, 0.1) is 0 Å². The summed E-state index contributed by atoms with van der Waals surface area (Å²) in [7, 11) is 1.65. The van der Waals surface area contributed by atoms with Gasteiger partial charge in [-0.05, 0) is 19.3 Å². The maximum absolute atomic E-state index is 8.92. The van der Waals surface area contributed by atoms with Gasteiger partial charge in [0.15, 0.2) is 0 Å². The van der Waals surface area contributed by atoms with Crippen LogP contribution in [0.4, 0.5) is 5.13 Å². The van der Waals surface area contributed by atoms with Crippen LogP contribution in [0.3, 0.4) is 0 Å². The van der Waals surface area contributed by atoms with Crippen molar-refractivity contribution in [2.24, 2.45) is 0 Å². The smallest absolute Gasteiger partial charge is 0.202 e. The van der Waals surface area contributed by atoms with Crippen molar-refractivity contribution in [3.8, 4) is 0 Å². The Morgan fingerprint density at radius 3 is 3.06 bits per heavy atom. The molecule has 6 heteroatoms. The third-order valence-corrected chi connectivity index (χ3v) is 3.22. The summed E-state index contributed by atoms with van der Waals surface area (Å²) in [6, 6.07) is 0.106. The maximum Gasteiger partial charge on any atom is 0.202 e. The first kappa shape index (κ1) is 11.8. The molecular weight excluding hydrogens is 226 g/mol. The molecule has 2 N–H and O–H groups in total. The molecule has 1 aromatic heterocycles. The summed E-state index contributed by atoms with van der Waals surface area (Å²) in [5.74, 6) is 1.55. The first-order valence-electron chi connectivity index (χ1n) is 5.53. The van der Waals surface area contributed by atoms with Crippen molar-refractivity contribution < 1.29 is 9.84 Å². The molecule has 1 aliphatic carbocycles. The normalized spacial score (nSPS) is 17.4. The molecule has 2 rings (SSSR count). The van der Waals surface area contributed by atoms with E-state index in [1.54, 1.807) is 7.11 Å². The van der Waals surface area contributed by atoms with Gasteiger partial charge in [0.05, 0.1) is 12.6 Å². The van der Waals surface area contributed by atoms with E-state index in [2.05, 4.69) is 14.7 Å². The monoisotopic (exact) mass is 243 g/mol. The van der Waals surface area contributed by atoms with Gasteiger partial charge in [0.25, 0.3) is 0 Å². The Balaban J connectivity index is 1.89. The topological polar surface area (TPSA) is 67.3 Å². The number of aliphatic hydroxyl groups is 1. The summed E-state index contributed by atoms with van der Waals surface area (Å²) < 4.78 is 9.39. The minimum Gasteiger partial charge on any atom is -0.396 e. The molecule has 0 aromatic carbocycles. The summed E-state index contributed by atoms with van der Waals surface area (Å²) in [6.45, 7) is 0.716. The van der Waals surface area contributed by atoms with Crippen molar-refractivity contribution in [3.05, 3.63) is 5.82 Å². The van der Waals surface area contributed by atoms with Crippen LogP contribution in [0.1, 0.15) is 31.0 Å². The minimum atomic E-state index is 0.106. The van der Waals surface area contributed by atoms with E-state index in [0.717, 1.165) is 11.0 Å². The molecule has 1 heterocycles. The number of hydrogen-bond acceptors (Lipinski definition) is 6. The standard InChI is InChI=1S/C10H17N3O2S/c1-15-6-8(4-5-14)11-10-12-9(13-16-10)7-2-3-7/h7-8,14H,2-6H2,1H3,(H,11,12,13). The molecule has 1 unspecified atom stereocenters. The predicted molar refractivity (Wildman–Crippen MR) is 62.9 cm³/mol. The molecule has 90 valence electrons. The number of nitrogens with zero attached hydrogens (tertiary/aromatic N) is 2. The molecule has 0 saturated heterocycles. The minimum absolute atomic E-state index is 0.106. The second-order valence-corrected chi connectivity index (χ2v) is 4.79. The number of aliphatic hydroxyl groups excluding tert-OH is 1. The van der Waals surface area contributed by atoms with Gasteiger partial charge in [-0.2, -0.15) is 4.37 Å². The van der Waals surface area contributed by atoms with Crippen LogP contribution in [-0.4, -0.2) is 40.8 Å². The van der Waals surface area contributed by atoms with Crippen molar-refractivity contribution >= 4 is 16.7 Å². The lowest BCUT2D eigenvalue weighted by Crippen LogP contribution is -2.26. The second kappa shape index (κ2) is 5.56. The van der Waals surface area contributed by atoms with Gasteiger partial charge < -0.3 is 15.2 Å². The number of methoxy groups -OCH3 is 1. The Kier molecular flexibility index (Phi) is 4.09.